The number of amides is 1. The van der Waals surface area contributed by atoms with Gasteiger partial charge in [0.25, 0.3) is 5.91 Å². The van der Waals surface area contributed by atoms with E-state index < -0.39 is 0 Å². The lowest BCUT2D eigenvalue weighted by molar-refractivity contribution is 0.102. The Balaban J connectivity index is 1.76. The number of aromatic nitrogens is 2. The van der Waals surface area contributed by atoms with Gasteiger partial charge < -0.3 is 4.98 Å². The van der Waals surface area contributed by atoms with Crippen molar-refractivity contribution in [2.45, 2.75) is 13.8 Å². The Morgan fingerprint density at radius 3 is 2.80 bits per heavy atom. The zero-order valence-electron chi connectivity index (χ0n) is 13.7. The number of carbonyl (C=O) groups excluding carboxylic acids is 1. The average Bonchev–Trinajstić information content (AvgIpc) is 2.96. The van der Waals surface area contributed by atoms with Gasteiger partial charge in [0.15, 0.2) is 5.13 Å². The summed E-state index contributed by atoms with van der Waals surface area (Å²) in [5.41, 5.74) is 3.80. The molecule has 5 nitrogen and oxygen atoms in total. The van der Waals surface area contributed by atoms with E-state index in [2.05, 4.69) is 27.4 Å². The quantitative estimate of drug-likeness (QED) is 0.574. The Bertz CT molecular complexity index is 1190. The van der Waals surface area contributed by atoms with Crippen LogP contribution in [0.4, 0.5) is 5.13 Å². The first-order chi connectivity index (χ1) is 12.0. The molecule has 0 atom stereocenters. The van der Waals surface area contributed by atoms with Crippen molar-refractivity contribution in [3.63, 3.8) is 0 Å². The summed E-state index contributed by atoms with van der Waals surface area (Å²) in [4.78, 5) is 31.8. The molecule has 0 fully saturated rings. The number of hydrogen-bond acceptors (Lipinski definition) is 4. The molecule has 0 aliphatic heterocycles. The van der Waals surface area contributed by atoms with E-state index in [1.807, 2.05) is 32.0 Å². The molecule has 2 aromatic heterocycles. The number of rotatable bonds is 2. The number of nitrogens with one attached hydrogen (secondary N) is 2. The highest BCUT2D eigenvalue weighted by Gasteiger charge is 2.14. The number of aromatic amines is 1. The lowest BCUT2D eigenvalue weighted by Crippen LogP contribution is -2.16. The molecule has 0 unspecified atom stereocenters. The highest BCUT2D eigenvalue weighted by Crippen LogP contribution is 2.29. The Labute approximate surface area is 147 Å². The number of aryl methyl sites for hydroxylation is 2. The summed E-state index contributed by atoms with van der Waals surface area (Å²) in [6.07, 6.45) is 0. The lowest BCUT2D eigenvalue weighted by atomic mass is 10.1. The minimum absolute atomic E-state index is 0.306. The third-order valence-electron chi connectivity index (χ3n) is 4.05. The number of fused-ring (bicyclic) bond motifs is 2. The third-order valence-corrected chi connectivity index (χ3v) is 4.96. The number of benzene rings is 2. The van der Waals surface area contributed by atoms with Crippen LogP contribution >= 0.6 is 11.3 Å². The maximum Gasteiger partial charge on any atom is 0.258 e. The van der Waals surface area contributed by atoms with E-state index in [1.54, 1.807) is 6.07 Å². The smallest absolute Gasteiger partial charge is 0.258 e. The van der Waals surface area contributed by atoms with Crippen LogP contribution in [0, 0.1) is 13.8 Å². The van der Waals surface area contributed by atoms with Crippen LogP contribution in [0.2, 0.25) is 0 Å². The number of carbonyl (C=O) groups is 1. The topological polar surface area (TPSA) is 74.8 Å². The molecule has 6 heteroatoms. The first-order valence-electron chi connectivity index (χ1n) is 7.82. The van der Waals surface area contributed by atoms with Gasteiger partial charge in [-0.3, -0.25) is 14.9 Å². The van der Waals surface area contributed by atoms with Crippen LogP contribution in [0.3, 0.4) is 0 Å². The summed E-state index contributed by atoms with van der Waals surface area (Å²) < 4.78 is 1.03. The normalized spacial score (nSPS) is 11.1. The van der Waals surface area contributed by atoms with Gasteiger partial charge in [-0.05, 0) is 37.1 Å². The minimum atomic E-state index is -0.337. The molecule has 1 amide bonds. The molecule has 0 saturated carbocycles. The van der Waals surface area contributed by atoms with Gasteiger partial charge in [0, 0.05) is 17.0 Å². The van der Waals surface area contributed by atoms with Gasteiger partial charge in [-0.25, -0.2) is 4.98 Å². The molecule has 2 heterocycles. The highest BCUT2D eigenvalue weighted by molar-refractivity contribution is 7.22. The number of nitrogens with zero attached hydrogens (tertiary/aromatic N) is 1. The van der Waals surface area contributed by atoms with E-state index in [0.717, 1.165) is 21.3 Å². The van der Waals surface area contributed by atoms with Crippen molar-refractivity contribution < 1.29 is 4.79 Å². The summed E-state index contributed by atoms with van der Waals surface area (Å²) in [5.74, 6) is -0.337. The van der Waals surface area contributed by atoms with Crippen LogP contribution in [0.15, 0.2) is 47.3 Å². The number of pyridine rings is 1. The van der Waals surface area contributed by atoms with Crippen LogP contribution in [0.5, 0.6) is 0 Å². The molecule has 2 N–H and O–H groups in total. The zero-order valence-corrected chi connectivity index (χ0v) is 14.5. The van der Waals surface area contributed by atoms with E-state index in [9.17, 15) is 9.59 Å². The fourth-order valence-corrected chi connectivity index (χ4v) is 4.02. The average molecular weight is 349 g/mol. The Morgan fingerprint density at radius 1 is 1.16 bits per heavy atom. The van der Waals surface area contributed by atoms with Crippen molar-refractivity contribution in [3.05, 3.63) is 69.5 Å². The summed E-state index contributed by atoms with van der Waals surface area (Å²) >= 11 is 1.43. The largest absolute Gasteiger partial charge is 0.322 e. The predicted octanol–water partition coefficient (Wildman–Crippen LogP) is 4.01. The maximum atomic E-state index is 12.7. The monoisotopic (exact) mass is 349 g/mol. The van der Waals surface area contributed by atoms with E-state index in [4.69, 9.17) is 0 Å². The van der Waals surface area contributed by atoms with E-state index in [-0.39, 0.29) is 11.5 Å². The van der Waals surface area contributed by atoms with Crippen molar-refractivity contribution >= 4 is 43.5 Å². The van der Waals surface area contributed by atoms with Gasteiger partial charge >= 0.3 is 0 Å². The standard InChI is InChI=1S/C19H15N3O2S/c1-10-7-11(2)17-15(8-10)25-19(21-17)22-18(24)13-9-16(23)20-14-6-4-3-5-12(13)14/h3-9H,1-2H3,(H,20,23)(H,21,22,24). The highest BCUT2D eigenvalue weighted by atomic mass is 32.1. The number of anilines is 1. The first-order valence-corrected chi connectivity index (χ1v) is 8.64. The molecule has 0 aliphatic carbocycles. The number of para-hydroxylation sites is 1. The Hall–Kier alpha value is -2.99. The van der Waals surface area contributed by atoms with Gasteiger partial charge in [0.1, 0.15) is 0 Å². The van der Waals surface area contributed by atoms with Crippen LogP contribution in [-0.4, -0.2) is 15.9 Å². The van der Waals surface area contributed by atoms with Gasteiger partial charge in [-0.15, -0.1) is 0 Å². The van der Waals surface area contributed by atoms with E-state index in [1.165, 1.54) is 17.4 Å². The SMILES string of the molecule is Cc1cc(C)c2nc(NC(=O)c3cc(=O)[nH]c4ccccc34)sc2c1. The Kier molecular flexibility index (Phi) is 3.62. The third kappa shape index (κ3) is 2.81. The predicted molar refractivity (Wildman–Crippen MR) is 102 cm³/mol. The molecule has 0 bridgehead atoms. The second-order valence-electron chi connectivity index (χ2n) is 5.99. The van der Waals surface area contributed by atoms with Gasteiger partial charge in [0.2, 0.25) is 5.56 Å². The molecule has 2 aromatic carbocycles. The van der Waals surface area contributed by atoms with E-state index in [0.29, 0.717) is 21.6 Å². The molecular weight excluding hydrogens is 334 g/mol. The van der Waals surface area contributed by atoms with Crippen molar-refractivity contribution in [2.75, 3.05) is 5.32 Å². The van der Waals surface area contributed by atoms with Gasteiger partial charge in [0.05, 0.1) is 15.8 Å². The summed E-state index contributed by atoms with van der Waals surface area (Å²) in [6, 6.07) is 12.7. The number of thiazole rings is 1. The van der Waals surface area contributed by atoms with Crippen LogP contribution in [-0.2, 0) is 0 Å². The minimum Gasteiger partial charge on any atom is -0.322 e. The second-order valence-corrected chi connectivity index (χ2v) is 7.03. The molecule has 0 aliphatic rings. The molecule has 0 spiro atoms. The van der Waals surface area contributed by atoms with Crippen molar-refractivity contribution in [3.8, 4) is 0 Å². The molecule has 124 valence electrons. The second kappa shape index (κ2) is 5.82. The molecule has 4 aromatic rings. The molecule has 0 saturated heterocycles. The van der Waals surface area contributed by atoms with Crippen molar-refractivity contribution in [2.24, 2.45) is 0 Å². The van der Waals surface area contributed by atoms with Crippen molar-refractivity contribution in [1.29, 1.82) is 0 Å². The fourth-order valence-electron chi connectivity index (χ4n) is 2.98. The van der Waals surface area contributed by atoms with Gasteiger partial charge in [-0.1, -0.05) is 35.6 Å². The molecule has 25 heavy (non-hydrogen) atoms. The Morgan fingerprint density at radius 2 is 1.96 bits per heavy atom. The molecular formula is C19H15N3O2S. The molecule has 0 radical (unpaired) electrons. The first kappa shape index (κ1) is 15.5. The molecule has 4 rings (SSSR count). The fraction of sp³-hybridized carbons (Fsp3) is 0.105. The lowest BCUT2D eigenvalue weighted by Gasteiger charge is -2.05. The number of hydrogen-bond donors (Lipinski definition) is 2. The van der Waals surface area contributed by atoms with Crippen LogP contribution < -0.4 is 10.9 Å². The number of H-pyrrole nitrogens is 1. The van der Waals surface area contributed by atoms with Crippen molar-refractivity contribution in [1.82, 2.24) is 9.97 Å². The van der Waals surface area contributed by atoms with E-state index >= 15 is 0 Å². The van der Waals surface area contributed by atoms with Crippen LogP contribution in [0.25, 0.3) is 21.1 Å². The van der Waals surface area contributed by atoms with Gasteiger partial charge in [-0.2, -0.15) is 0 Å². The summed E-state index contributed by atoms with van der Waals surface area (Å²) in [5, 5.41) is 4.06. The summed E-state index contributed by atoms with van der Waals surface area (Å²) in [6.45, 7) is 4.04. The zero-order chi connectivity index (χ0) is 17.6. The van der Waals surface area contributed by atoms with Crippen LogP contribution in [0.1, 0.15) is 21.5 Å². The summed E-state index contributed by atoms with van der Waals surface area (Å²) in [7, 11) is 0. The maximum absolute atomic E-state index is 12.7.